The molecule has 0 bridgehead atoms. The fourth-order valence-electron chi connectivity index (χ4n) is 2.09. The number of nitrogens with one attached hydrogen (secondary N) is 1. The van der Waals surface area contributed by atoms with E-state index in [0.717, 1.165) is 18.4 Å². The summed E-state index contributed by atoms with van der Waals surface area (Å²) < 4.78 is 22.8. The van der Waals surface area contributed by atoms with Crippen molar-refractivity contribution in [1.29, 1.82) is 0 Å². The number of aromatic nitrogens is 2. The van der Waals surface area contributed by atoms with Gasteiger partial charge in [-0.1, -0.05) is 24.9 Å². The van der Waals surface area contributed by atoms with Gasteiger partial charge < -0.3 is 5.32 Å². The maximum absolute atomic E-state index is 11.4. The summed E-state index contributed by atoms with van der Waals surface area (Å²) in [7, 11) is -2.89. The molecule has 18 heavy (non-hydrogen) atoms. The monoisotopic (exact) mass is 289 g/mol. The molecular weight excluding hydrogens is 274 g/mol. The van der Waals surface area contributed by atoms with E-state index in [0.29, 0.717) is 17.4 Å². The highest BCUT2D eigenvalue weighted by Gasteiger charge is 2.28. The number of sulfone groups is 1. The molecule has 7 heteroatoms. The van der Waals surface area contributed by atoms with E-state index in [-0.39, 0.29) is 17.5 Å². The summed E-state index contributed by atoms with van der Waals surface area (Å²) in [5, 5.41) is 3.62. The fourth-order valence-corrected chi connectivity index (χ4v) is 3.99. The summed E-state index contributed by atoms with van der Waals surface area (Å²) in [6.07, 6.45) is 3.73. The molecule has 5 nitrogen and oxygen atoms in total. The Bertz CT molecular complexity index is 533. The number of hydrogen-bond acceptors (Lipinski definition) is 5. The van der Waals surface area contributed by atoms with Gasteiger partial charge in [0.25, 0.3) is 0 Å². The molecule has 1 aromatic rings. The summed E-state index contributed by atoms with van der Waals surface area (Å²) in [5.41, 5.74) is 0.867. The molecule has 1 aliphatic rings. The van der Waals surface area contributed by atoms with Crippen molar-refractivity contribution in [2.45, 2.75) is 32.2 Å². The molecule has 0 amide bonds. The van der Waals surface area contributed by atoms with Crippen LogP contribution in [0.4, 0.5) is 5.82 Å². The molecular formula is C11H16ClN3O2S. The highest BCUT2D eigenvalue weighted by Crippen LogP contribution is 2.24. The summed E-state index contributed by atoms with van der Waals surface area (Å²) in [6, 6.07) is -0.0726. The van der Waals surface area contributed by atoms with E-state index in [1.54, 1.807) is 0 Å². The predicted octanol–water partition coefficient (Wildman–Crippen LogP) is 1.68. The Balaban J connectivity index is 2.17. The fraction of sp³-hybridized carbons (Fsp3) is 0.636. The molecule has 1 unspecified atom stereocenters. The third kappa shape index (κ3) is 3.11. The standard InChI is InChI=1S/C11H16ClN3O2S/c1-2-3-9-10(12)13-7-14-11(9)15-8-4-5-18(16,17)6-8/h7-8H,2-6H2,1H3,(H,13,14,15). The van der Waals surface area contributed by atoms with Crippen LogP contribution in [0.3, 0.4) is 0 Å². The predicted molar refractivity (Wildman–Crippen MR) is 71.7 cm³/mol. The Morgan fingerprint density at radius 2 is 2.28 bits per heavy atom. The van der Waals surface area contributed by atoms with Crippen LogP contribution >= 0.6 is 11.6 Å². The lowest BCUT2D eigenvalue weighted by Crippen LogP contribution is -2.22. The zero-order valence-corrected chi connectivity index (χ0v) is 11.8. The highest BCUT2D eigenvalue weighted by molar-refractivity contribution is 7.91. The van der Waals surface area contributed by atoms with Crippen LogP contribution in [-0.2, 0) is 16.3 Å². The molecule has 1 aromatic heterocycles. The minimum Gasteiger partial charge on any atom is -0.366 e. The van der Waals surface area contributed by atoms with Crippen LogP contribution in [0.15, 0.2) is 6.33 Å². The number of halogens is 1. The van der Waals surface area contributed by atoms with Crippen molar-refractivity contribution >= 4 is 27.3 Å². The van der Waals surface area contributed by atoms with Crippen molar-refractivity contribution in [2.24, 2.45) is 0 Å². The smallest absolute Gasteiger partial charge is 0.152 e. The zero-order chi connectivity index (χ0) is 13.2. The molecule has 2 rings (SSSR count). The van der Waals surface area contributed by atoms with Gasteiger partial charge in [-0.25, -0.2) is 18.4 Å². The van der Waals surface area contributed by atoms with Gasteiger partial charge in [-0.3, -0.25) is 0 Å². The number of hydrogen-bond donors (Lipinski definition) is 1. The molecule has 1 N–H and O–H groups in total. The quantitative estimate of drug-likeness (QED) is 0.854. The summed E-state index contributed by atoms with van der Waals surface area (Å²) >= 11 is 6.04. The van der Waals surface area contributed by atoms with Crippen molar-refractivity contribution in [2.75, 3.05) is 16.8 Å². The molecule has 0 saturated carbocycles. The Kier molecular flexibility index (Phi) is 4.07. The SMILES string of the molecule is CCCc1c(Cl)ncnc1NC1CCS(=O)(=O)C1. The number of anilines is 1. The molecule has 1 atom stereocenters. The van der Waals surface area contributed by atoms with Crippen LogP contribution in [0.25, 0.3) is 0 Å². The minimum atomic E-state index is -2.89. The van der Waals surface area contributed by atoms with Gasteiger partial charge >= 0.3 is 0 Å². The second-order valence-corrected chi connectivity index (χ2v) is 7.07. The van der Waals surface area contributed by atoms with E-state index < -0.39 is 9.84 Å². The molecule has 0 spiro atoms. The van der Waals surface area contributed by atoms with Crippen molar-refractivity contribution in [3.8, 4) is 0 Å². The lowest BCUT2D eigenvalue weighted by Gasteiger charge is -2.15. The van der Waals surface area contributed by atoms with Gasteiger partial charge in [-0.05, 0) is 12.8 Å². The molecule has 1 fully saturated rings. The van der Waals surface area contributed by atoms with Gasteiger partial charge in [-0.15, -0.1) is 0 Å². The topological polar surface area (TPSA) is 72.0 Å². The highest BCUT2D eigenvalue weighted by atomic mass is 35.5. The van der Waals surface area contributed by atoms with Gasteiger partial charge in [-0.2, -0.15) is 0 Å². The van der Waals surface area contributed by atoms with Crippen LogP contribution in [0.1, 0.15) is 25.3 Å². The number of nitrogens with zero attached hydrogens (tertiary/aromatic N) is 2. The largest absolute Gasteiger partial charge is 0.366 e. The Labute approximate surface area is 112 Å². The van der Waals surface area contributed by atoms with E-state index in [9.17, 15) is 8.42 Å². The van der Waals surface area contributed by atoms with E-state index >= 15 is 0 Å². The van der Waals surface area contributed by atoms with Crippen LogP contribution in [-0.4, -0.2) is 35.9 Å². The van der Waals surface area contributed by atoms with Crippen LogP contribution < -0.4 is 5.32 Å². The summed E-state index contributed by atoms with van der Waals surface area (Å²) in [5.74, 6) is 1.08. The first-order valence-electron chi connectivity index (χ1n) is 5.98. The van der Waals surface area contributed by atoms with Gasteiger partial charge in [0.1, 0.15) is 17.3 Å². The average Bonchev–Trinajstić information content (AvgIpc) is 2.63. The van der Waals surface area contributed by atoms with Crippen LogP contribution in [0, 0.1) is 0 Å². The van der Waals surface area contributed by atoms with Crippen molar-refractivity contribution in [3.05, 3.63) is 17.0 Å². The molecule has 2 heterocycles. The van der Waals surface area contributed by atoms with Gasteiger partial charge in [0.05, 0.1) is 11.5 Å². The Morgan fingerprint density at radius 1 is 1.50 bits per heavy atom. The normalized spacial score (nSPS) is 22.0. The molecule has 1 aliphatic heterocycles. The molecule has 0 aliphatic carbocycles. The average molecular weight is 290 g/mol. The Morgan fingerprint density at radius 3 is 2.89 bits per heavy atom. The van der Waals surface area contributed by atoms with Crippen molar-refractivity contribution in [1.82, 2.24) is 9.97 Å². The lowest BCUT2D eigenvalue weighted by molar-refractivity contribution is 0.602. The van der Waals surface area contributed by atoms with E-state index in [1.807, 2.05) is 6.92 Å². The van der Waals surface area contributed by atoms with Gasteiger partial charge in [0.15, 0.2) is 9.84 Å². The van der Waals surface area contributed by atoms with Crippen molar-refractivity contribution < 1.29 is 8.42 Å². The second kappa shape index (κ2) is 5.40. The maximum atomic E-state index is 11.4. The molecule has 1 saturated heterocycles. The summed E-state index contributed by atoms with van der Waals surface area (Å²) in [4.78, 5) is 8.13. The second-order valence-electron chi connectivity index (χ2n) is 4.49. The zero-order valence-electron chi connectivity index (χ0n) is 10.2. The van der Waals surface area contributed by atoms with Gasteiger partial charge in [0.2, 0.25) is 0 Å². The third-order valence-corrected chi connectivity index (χ3v) is 5.06. The number of rotatable bonds is 4. The van der Waals surface area contributed by atoms with E-state index in [1.165, 1.54) is 6.33 Å². The van der Waals surface area contributed by atoms with Gasteiger partial charge in [0, 0.05) is 11.6 Å². The van der Waals surface area contributed by atoms with E-state index in [4.69, 9.17) is 11.6 Å². The van der Waals surface area contributed by atoms with Crippen LogP contribution in [0.5, 0.6) is 0 Å². The van der Waals surface area contributed by atoms with E-state index in [2.05, 4.69) is 15.3 Å². The van der Waals surface area contributed by atoms with Crippen LogP contribution in [0.2, 0.25) is 5.15 Å². The molecule has 100 valence electrons. The first-order chi connectivity index (χ1) is 8.52. The first kappa shape index (κ1) is 13.5. The maximum Gasteiger partial charge on any atom is 0.152 e. The Hall–Kier alpha value is -0.880. The van der Waals surface area contributed by atoms with Crippen molar-refractivity contribution in [3.63, 3.8) is 0 Å². The molecule has 0 radical (unpaired) electrons. The third-order valence-electron chi connectivity index (χ3n) is 2.97. The minimum absolute atomic E-state index is 0.0726. The summed E-state index contributed by atoms with van der Waals surface area (Å²) in [6.45, 7) is 2.05. The lowest BCUT2D eigenvalue weighted by atomic mass is 10.1. The first-order valence-corrected chi connectivity index (χ1v) is 8.18. The molecule has 0 aromatic carbocycles.